The van der Waals surface area contributed by atoms with Gasteiger partial charge in [-0.3, -0.25) is 5.32 Å². The highest BCUT2D eigenvalue weighted by molar-refractivity contribution is 5.86. The lowest BCUT2D eigenvalue weighted by Gasteiger charge is -2.21. The first-order valence-electron chi connectivity index (χ1n) is 6.22. The van der Waals surface area contributed by atoms with Gasteiger partial charge in [-0.05, 0) is 57.0 Å². The summed E-state index contributed by atoms with van der Waals surface area (Å²) < 4.78 is 18.4. The largest absolute Gasteiger partial charge is 0.444 e. The van der Waals surface area contributed by atoms with E-state index in [4.69, 9.17) is 10.5 Å². The molecular weight excluding hydrogens is 247 g/mol. The van der Waals surface area contributed by atoms with Crippen molar-refractivity contribution in [1.82, 2.24) is 0 Å². The van der Waals surface area contributed by atoms with Crippen molar-refractivity contribution >= 4 is 11.8 Å². The Morgan fingerprint density at radius 3 is 2.63 bits per heavy atom. The molecule has 1 aromatic carbocycles. The molecule has 0 aromatic heterocycles. The van der Waals surface area contributed by atoms with Crippen molar-refractivity contribution in [2.75, 3.05) is 11.9 Å². The van der Waals surface area contributed by atoms with Crippen LogP contribution in [0.5, 0.6) is 0 Å². The van der Waals surface area contributed by atoms with E-state index >= 15 is 0 Å². The van der Waals surface area contributed by atoms with Gasteiger partial charge >= 0.3 is 6.09 Å². The Labute approximate surface area is 113 Å². The molecule has 0 fully saturated rings. The molecular formula is C14H21FN2O2. The molecule has 19 heavy (non-hydrogen) atoms. The van der Waals surface area contributed by atoms with Gasteiger partial charge in [0.2, 0.25) is 0 Å². The molecule has 1 unspecified atom stereocenters. The van der Waals surface area contributed by atoms with Crippen LogP contribution in [-0.2, 0) is 4.74 Å². The monoisotopic (exact) mass is 268 g/mol. The molecule has 0 aliphatic rings. The number of carbonyl (C=O) groups is 1. The van der Waals surface area contributed by atoms with E-state index < -0.39 is 11.7 Å². The summed E-state index contributed by atoms with van der Waals surface area (Å²) in [6, 6.07) is 4.18. The molecule has 0 radical (unpaired) electrons. The number of carbonyl (C=O) groups excluding carboxylic acids is 1. The first kappa shape index (κ1) is 15.4. The van der Waals surface area contributed by atoms with Gasteiger partial charge in [-0.2, -0.15) is 0 Å². The number of amides is 1. The van der Waals surface area contributed by atoms with Crippen LogP contribution in [0.4, 0.5) is 14.9 Å². The Kier molecular flexibility index (Phi) is 4.89. The third-order valence-electron chi connectivity index (χ3n) is 2.53. The van der Waals surface area contributed by atoms with Gasteiger partial charge in [-0.1, -0.05) is 6.92 Å². The fraction of sp³-hybridized carbons (Fsp3) is 0.500. The van der Waals surface area contributed by atoms with Crippen LogP contribution in [-0.4, -0.2) is 18.2 Å². The molecule has 5 heteroatoms. The van der Waals surface area contributed by atoms with Crippen molar-refractivity contribution < 1.29 is 13.9 Å². The van der Waals surface area contributed by atoms with Crippen LogP contribution in [0.3, 0.4) is 0 Å². The van der Waals surface area contributed by atoms with Crippen LogP contribution in [0, 0.1) is 5.82 Å². The van der Waals surface area contributed by atoms with Gasteiger partial charge < -0.3 is 10.5 Å². The van der Waals surface area contributed by atoms with Crippen LogP contribution in [0.1, 0.15) is 39.2 Å². The highest BCUT2D eigenvalue weighted by atomic mass is 19.1. The van der Waals surface area contributed by atoms with Crippen molar-refractivity contribution in [3.63, 3.8) is 0 Å². The van der Waals surface area contributed by atoms with Crippen molar-refractivity contribution in [3.05, 3.63) is 29.6 Å². The fourth-order valence-electron chi connectivity index (χ4n) is 1.60. The molecule has 0 bridgehead atoms. The minimum atomic E-state index is -0.580. The van der Waals surface area contributed by atoms with Gasteiger partial charge in [0.25, 0.3) is 0 Å². The normalized spacial score (nSPS) is 12.9. The molecule has 4 nitrogen and oxygen atoms in total. The van der Waals surface area contributed by atoms with E-state index in [1.54, 1.807) is 20.8 Å². The number of nitrogens with two attached hydrogens (primary N) is 1. The van der Waals surface area contributed by atoms with Crippen LogP contribution in [0.2, 0.25) is 0 Å². The van der Waals surface area contributed by atoms with Gasteiger partial charge in [-0.15, -0.1) is 0 Å². The van der Waals surface area contributed by atoms with Crippen LogP contribution < -0.4 is 11.1 Å². The first-order valence-corrected chi connectivity index (χ1v) is 6.22. The van der Waals surface area contributed by atoms with E-state index in [0.29, 0.717) is 17.8 Å². The zero-order valence-corrected chi connectivity index (χ0v) is 11.8. The summed E-state index contributed by atoms with van der Waals surface area (Å²) >= 11 is 0. The maximum absolute atomic E-state index is 13.3. The standard InChI is InChI=1S/C14H21FN2O2/c1-9(8-16)11-7-10(15)5-6-12(11)17-13(18)19-14(2,3)4/h5-7,9H,8,16H2,1-4H3,(H,17,18). The van der Waals surface area contributed by atoms with Crippen LogP contribution in [0.25, 0.3) is 0 Å². The van der Waals surface area contributed by atoms with Gasteiger partial charge in [-0.25, -0.2) is 9.18 Å². The maximum atomic E-state index is 13.3. The molecule has 0 saturated carbocycles. The Hall–Kier alpha value is -1.62. The topological polar surface area (TPSA) is 64.3 Å². The smallest absolute Gasteiger partial charge is 0.412 e. The second kappa shape index (κ2) is 6.02. The minimum Gasteiger partial charge on any atom is -0.444 e. The second-order valence-electron chi connectivity index (χ2n) is 5.50. The molecule has 0 spiro atoms. The molecule has 1 aromatic rings. The number of hydrogen-bond acceptors (Lipinski definition) is 3. The lowest BCUT2D eigenvalue weighted by molar-refractivity contribution is 0.0635. The summed E-state index contributed by atoms with van der Waals surface area (Å²) in [4.78, 5) is 11.7. The molecule has 1 rings (SSSR count). The Morgan fingerprint density at radius 1 is 1.47 bits per heavy atom. The van der Waals surface area contributed by atoms with E-state index in [2.05, 4.69) is 5.32 Å². The Morgan fingerprint density at radius 2 is 2.11 bits per heavy atom. The lowest BCUT2D eigenvalue weighted by Crippen LogP contribution is -2.27. The summed E-state index contributed by atoms with van der Waals surface area (Å²) in [5, 5.41) is 2.63. The van der Waals surface area contributed by atoms with E-state index in [-0.39, 0.29) is 11.7 Å². The van der Waals surface area contributed by atoms with Crippen molar-refractivity contribution in [1.29, 1.82) is 0 Å². The summed E-state index contributed by atoms with van der Waals surface area (Å²) in [6.07, 6.45) is -0.565. The quantitative estimate of drug-likeness (QED) is 0.884. The van der Waals surface area contributed by atoms with E-state index in [1.807, 2.05) is 6.92 Å². The number of anilines is 1. The minimum absolute atomic E-state index is 0.0550. The second-order valence-corrected chi connectivity index (χ2v) is 5.50. The molecule has 0 saturated heterocycles. The molecule has 3 N–H and O–H groups in total. The van der Waals surface area contributed by atoms with Gasteiger partial charge in [0.05, 0.1) is 0 Å². The Bertz CT molecular complexity index is 455. The predicted molar refractivity (Wildman–Crippen MR) is 73.7 cm³/mol. The zero-order valence-electron chi connectivity index (χ0n) is 11.8. The third-order valence-corrected chi connectivity index (χ3v) is 2.53. The number of benzene rings is 1. The molecule has 0 aliphatic heterocycles. The lowest BCUT2D eigenvalue weighted by atomic mass is 9.99. The molecule has 106 valence electrons. The number of hydrogen-bond donors (Lipinski definition) is 2. The highest BCUT2D eigenvalue weighted by Crippen LogP contribution is 2.25. The maximum Gasteiger partial charge on any atom is 0.412 e. The van der Waals surface area contributed by atoms with E-state index in [9.17, 15) is 9.18 Å². The van der Waals surface area contributed by atoms with Crippen molar-refractivity contribution in [3.8, 4) is 0 Å². The first-order chi connectivity index (χ1) is 8.73. The summed E-state index contributed by atoms with van der Waals surface area (Å²) in [6.45, 7) is 7.57. The summed E-state index contributed by atoms with van der Waals surface area (Å²) in [5.41, 5.74) is 6.19. The zero-order chi connectivity index (χ0) is 14.6. The number of rotatable bonds is 3. The average Bonchev–Trinajstić information content (AvgIpc) is 2.28. The highest BCUT2D eigenvalue weighted by Gasteiger charge is 2.18. The summed E-state index contributed by atoms with van der Waals surface area (Å²) in [7, 11) is 0. The predicted octanol–water partition coefficient (Wildman–Crippen LogP) is 3.23. The molecule has 1 amide bonds. The number of ether oxygens (including phenoxy) is 1. The molecule has 1 atom stereocenters. The van der Waals surface area contributed by atoms with Crippen molar-refractivity contribution in [2.24, 2.45) is 5.73 Å². The van der Waals surface area contributed by atoms with Gasteiger partial charge in [0.1, 0.15) is 11.4 Å². The van der Waals surface area contributed by atoms with E-state index in [0.717, 1.165) is 0 Å². The summed E-state index contributed by atoms with van der Waals surface area (Å²) in [5.74, 6) is -0.411. The van der Waals surface area contributed by atoms with E-state index in [1.165, 1.54) is 18.2 Å². The van der Waals surface area contributed by atoms with Crippen molar-refractivity contribution in [2.45, 2.75) is 39.2 Å². The fourth-order valence-corrected chi connectivity index (χ4v) is 1.60. The molecule has 0 aliphatic carbocycles. The molecule has 0 heterocycles. The Balaban J connectivity index is 2.91. The van der Waals surface area contributed by atoms with Gasteiger partial charge in [0.15, 0.2) is 0 Å². The number of halogens is 1. The average molecular weight is 268 g/mol. The third kappa shape index (κ3) is 4.87. The van der Waals surface area contributed by atoms with Crippen LogP contribution >= 0.6 is 0 Å². The SMILES string of the molecule is CC(CN)c1cc(F)ccc1NC(=O)OC(C)(C)C. The number of nitrogens with one attached hydrogen (secondary N) is 1. The van der Waals surface area contributed by atoms with Crippen LogP contribution in [0.15, 0.2) is 18.2 Å². The van der Waals surface area contributed by atoms with Gasteiger partial charge in [0, 0.05) is 5.69 Å².